The molecule has 0 spiro atoms. The first-order valence-corrected chi connectivity index (χ1v) is 10.8. The van der Waals surface area contributed by atoms with E-state index in [1.165, 1.54) is 29.0 Å². The summed E-state index contributed by atoms with van der Waals surface area (Å²) < 4.78 is 0. The number of hydrogen-bond acceptors (Lipinski definition) is 5. The molecule has 6 nitrogen and oxygen atoms in total. The molecule has 0 aliphatic carbocycles. The molecule has 6 N–H and O–H groups in total. The van der Waals surface area contributed by atoms with E-state index < -0.39 is 0 Å². The first-order valence-electron chi connectivity index (χ1n) is 10.8. The van der Waals surface area contributed by atoms with Gasteiger partial charge in [-0.3, -0.25) is 9.59 Å². The van der Waals surface area contributed by atoms with Gasteiger partial charge in [-0.05, 0) is 44.5 Å². The minimum atomic E-state index is 0.0324. The van der Waals surface area contributed by atoms with Crippen LogP contribution >= 0.6 is 0 Å². The molecule has 0 fully saturated rings. The van der Waals surface area contributed by atoms with Gasteiger partial charge >= 0.3 is 0 Å². The smallest absolute Gasteiger partial charge is 0.148 e. The molecule has 0 unspecified atom stereocenters. The predicted molar refractivity (Wildman–Crippen MR) is 136 cm³/mol. The third kappa shape index (κ3) is 14.9. The summed E-state index contributed by atoms with van der Waals surface area (Å²) in [6, 6.07) is 15.4. The van der Waals surface area contributed by atoms with Crippen LogP contribution in [0.1, 0.15) is 45.7 Å². The molecule has 0 atom stereocenters. The highest BCUT2D eigenvalue weighted by atomic mass is 16.3. The number of para-hydroxylation sites is 1. The lowest BCUT2D eigenvalue weighted by Gasteiger charge is -1.96. The van der Waals surface area contributed by atoms with E-state index in [1.54, 1.807) is 12.1 Å². The van der Waals surface area contributed by atoms with E-state index in [4.69, 9.17) is 16.6 Å². The molecule has 1 aromatic heterocycles. The molecule has 0 amide bonds. The minimum Gasteiger partial charge on any atom is -0.508 e. The maximum atomic E-state index is 10.4. The number of nitrogens with two attached hydrogens (primary N) is 2. The fourth-order valence-electron chi connectivity index (χ4n) is 2.00. The second kappa shape index (κ2) is 18.8. The van der Waals surface area contributed by atoms with Gasteiger partial charge in [0.1, 0.15) is 17.3 Å². The van der Waals surface area contributed by atoms with Crippen molar-refractivity contribution in [2.75, 3.05) is 13.1 Å². The summed E-state index contributed by atoms with van der Waals surface area (Å²) in [6.07, 6.45) is 2.03. The van der Waals surface area contributed by atoms with Gasteiger partial charge in [0, 0.05) is 23.0 Å². The van der Waals surface area contributed by atoms with Crippen molar-refractivity contribution < 1.29 is 14.7 Å². The van der Waals surface area contributed by atoms with Crippen LogP contribution < -0.4 is 11.5 Å². The number of aromatic hydroxyl groups is 1. The maximum Gasteiger partial charge on any atom is 0.148 e. The van der Waals surface area contributed by atoms with Gasteiger partial charge < -0.3 is 21.6 Å². The number of benzene rings is 2. The highest BCUT2D eigenvalue weighted by Gasteiger charge is 2.01. The van der Waals surface area contributed by atoms with Gasteiger partial charge in [-0.15, -0.1) is 0 Å². The summed E-state index contributed by atoms with van der Waals surface area (Å²) in [6.45, 7) is 13.6. The molecule has 3 rings (SSSR count). The Morgan fingerprint density at radius 1 is 0.938 bits per heavy atom. The lowest BCUT2D eigenvalue weighted by atomic mass is 10.1. The van der Waals surface area contributed by atoms with Crippen LogP contribution in [0.25, 0.3) is 10.9 Å². The summed E-state index contributed by atoms with van der Waals surface area (Å²) in [4.78, 5) is 23.3. The molecule has 1 heterocycles. The summed E-state index contributed by atoms with van der Waals surface area (Å²) in [5.74, 6) is 0.589. The molecule has 0 bridgehead atoms. The molecular weight excluding hydrogens is 402 g/mol. The monoisotopic (exact) mass is 443 g/mol. The number of aryl methyl sites for hydroxylation is 2. The molecule has 2 aromatic carbocycles. The van der Waals surface area contributed by atoms with Crippen LogP contribution in [0, 0.1) is 19.8 Å². The van der Waals surface area contributed by atoms with Gasteiger partial charge in [0.25, 0.3) is 0 Å². The molecule has 0 saturated heterocycles. The Kier molecular flexibility index (Phi) is 18.3. The number of aromatic amines is 1. The molecule has 6 heteroatoms. The van der Waals surface area contributed by atoms with Gasteiger partial charge in [0.15, 0.2) is 0 Å². The molecular formula is C26H41N3O3. The van der Waals surface area contributed by atoms with Gasteiger partial charge in [-0.25, -0.2) is 0 Å². The number of Topliss-reactive ketones (excluding diaryl/α,β-unsaturated/α-hetero) is 2. The highest BCUT2D eigenvalue weighted by Crippen LogP contribution is 2.15. The van der Waals surface area contributed by atoms with Crippen molar-refractivity contribution >= 4 is 22.5 Å². The number of nitrogens with one attached hydrogen (secondary N) is 1. The number of hydrogen-bond donors (Lipinski definition) is 4. The number of carbonyl (C=O) groups is 2. The second-order valence-electron chi connectivity index (χ2n) is 7.08. The number of fused-ring (bicyclic) bond motifs is 1. The van der Waals surface area contributed by atoms with E-state index in [9.17, 15) is 9.59 Å². The number of aromatic nitrogens is 1. The van der Waals surface area contributed by atoms with Crippen LogP contribution in [0.3, 0.4) is 0 Å². The van der Waals surface area contributed by atoms with Crippen molar-refractivity contribution in [3.05, 3.63) is 65.9 Å². The summed E-state index contributed by atoms with van der Waals surface area (Å²) in [7, 11) is 0. The molecule has 0 aliphatic rings. The lowest BCUT2D eigenvalue weighted by molar-refractivity contribution is -0.120. The highest BCUT2D eigenvalue weighted by molar-refractivity contribution is 5.82. The van der Waals surface area contributed by atoms with E-state index >= 15 is 0 Å². The van der Waals surface area contributed by atoms with E-state index in [2.05, 4.69) is 30.1 Å². The van der Waals surface area contributed by atoms with E-state index in [0.29, 0.717) is 5.75 Å². The first-order chi connectivity index (χ1) is 15.1. The largest absolute Gasteiger partial charge is 0.508 e. The summed E-state index contributed by atoms with van der Waals surface area (Å²) in [5, 5.41) is 10.1. The zero-order valence-corrected chi connectivity index (χ0v) is 20.6. The van der Waals surface area contributed by atoms with Gasteiger partial charge in [-0.1, -0.05) is 63.6 Å². The van der Waals surface area contributed by atoms with Crippen molar-refractivity contribution in [2.45, 2.75) is 48.5 Å². The average molecular weight is 444 g/mol. The predicted octanol–water partition coefficient (Wildman–Crippen LogP) is 4.91. The van der Waals surface area contributed by atoms with Crippen LogP contribution in [0.15, 0.2) is 54.7 Å². The number of phenolic OH excluding ortho intramolecular Hbond substituents is 1. The minimum absolute atomic E-state index is 0.0324. The average Bonchev–Trinajstić information content (AvgIpc) is 3.18. The van der Waals surface area contributed by atoms with Crippen LogP contribution in [-0.2, 0) is 9.59 Å². The Balaban J connectivity index is 0. The second-order valence-corrected chi connectivity index (χ2v) is 7.08. The zero-order valence-electron chi connectivity index (χ0n) is 20.6. The fourth-order valence-corrected chi connectivity index (χ4v) is 2.00. The standard InChI is InChI=1S/C9H9N.C7H8O.C5H11NO.C3H7NO.C2H6/c1-7-6-10-9-5-3-2-4-8(7)9;1-6-2-4-7(8)5-3-6;1-4(2)5(7)3-6;1-3(5)2-4;1-2/h2-6,10H,1H3;2-5,8H,1H3;4H,3,6H2,1-2H3;2,4H2,1H3;1-2H3. The molecule has 0 aliphatic heterocycles. The molecule has 3 aromatic rings. The normalized spacial score (nSPS) is 9.06. The Labute approximate surface area is 193 Å². The Morgan fingerprint density at radius 3 is 1.78 bits per heavy atom. The summed E-state index contributed by atoms with van der Waals surface area (Å²) in [5.41, 5.74) is 13.6. The van der Waals surface area contributed by atoms with E-state index in [-0.39, 0.29) is 30.6 Å². The number of carbonyl (C=O) groups excluding carboxylic acids is 2. The fraction of sp³-hybridized carbons (Fsp3) is 0.385. The van der Waals surface area contributed by atoms with Crippen molar-refractivity contribution in [1.29, 1.82) is 0 Å². The van der Waals surface area contributed by atoms with Gasteiger partial charge in [0.2, 0.25) is 0 Å². The van der Waals surface area contributed by atoms with Crippen molar-refractivity contribution in [3.63, 3.8) is 0 Å². The van der Waals surface area contributed by atoms with Crippen LogP contribution in [0.5, 0.6) is 5.75 Å². The summed E-state index contributed by atoms with van der Waals surface area (Å²) >= 11 is 0. The third-order valence-electron chi connectivity index (χ3n) is 3.96. The van der Waals surface area contributed by atoms with Crippen LogP contribution in [0.4, 0.5) is 0 Å². The zero-order chi connectivity index (χ0) is 25.1. The molecule has 0 saturated carbocycles. The first kappa shape index (κ1) is 31.2. The van der Waals surface area contributed by atoms with Crippen molar-refractivity contribution in [2.24, 2.45) is 17.4 Å². The quantitative estimate of drug-likeness (QED) is 0.458. The van der Waals surface area contributed by atoms with Gasteiger partial charge in [0.05, 0.1) is 13.1 Å². The number of rotatable bonds is 3. The topological polar surface area (TPSA) is 122 Å². The van der Waals surface area contributed by atoms with Crippen LogP contribution in [-0.4, -0.2) is 34.7 Å². The third-order valence-corrected chi connectivity index (χ3v) is 3.96. The van der Waals surface area contributed by atoms with Crippen molar-refractivity contribution in [1.82, 2.24) is 4.98 Å². The number of phenols is 1. The Bertz CT molecular complexity index is 864. The molecule has 0 radical (unpaired) electrons. The van der Waals surface area contributed by atoms with E-state index in [0.717, 1.165) is 0 Å². The Morgan fingerprint density at radius 2 is 1.44 bits per heavy atom. The number of H-pyrrole nitrogens is 1. The Hall–Kier alpha value is -2.96. The molecule has 178 valence electrons. The maximum absolute atomic E-state index is 10.4. The van der Waals surface area contributed by atoms with Crippen molar-refractivity contribution in [3.8, 4) is 5.75 Å². The van der Waals surface area contributed by atoms with Gasteiger partial charge in [-0.2, -0.15) is 0 Å². The van der Waals surface area contributed by atoms with E-state index in [1.807, 2.05) is 59.0 Å². The number of ketones is 2. The SMILES string of the molecule is CC.CC(=O)CN.CC(C)C(=O)CN.Cc1c[nH]c2ccccc12.Cc1ccc(O)cc1. The lowest BCUT2D eigenvalue weighted by Crippen LogP contribution is -2.18. The van der Waals surface area contributed by atoms with Crippen LogP contribution in [0.2, 0.25) is 0 Å². The molecule has 32 heavy (non-hydrogen) atoms.